The van der Waals surface area contributed by atoms with Crippen molar-refractivity contribution in [2.45, 2.75) is 18.3 Å². The first-order valence-electron chi connectivity index (χ1n) is 4.41. The van der Waals surface area contributed by atoms with Crippen LogP contribution < -0.4 is 0 Å². The summed E-state index contributed by atoms with van der Waals surface area (Å²) >= 11 is 3.08. The quantitative estimate of drug-likeness (QED) is 0.778. The second kappa shape index (κ2) is 5.22. The van der Waals surface area contributed by atoms with E-state index in [2.05, 4.69) is 21.0 Å². The van der Waals surface area contributed by atoms with E-state index in [4.69, 9.17) is 0 Å². The summed E-state index contributed by atoms with van der Waals surface area (Å²) in [5.74, 6) is -0.198. The van der Waals surface area contributed by atoms with Crippen molar-refractivity contribution in [2.24, 2.45) is 0 Å². The van der Waals surface area contributed by atoms with Crippen molar-refractivity contribution < 1.29 is 17.2 Å². The van der Waals surface area contributed by atoms with Gasteiger partial charge < -0.3 is 0 Å². The minimum atomic E-state index is -3.18. The van der Waals surface area contributed by atoms with Gasteiger partial charge in [0.15, 0.2) is 0 Å². The fraction of sp³-hybridized carbons (Fsp3) is 0.625. The van der Waals surface area contributed by atoms with E-state index >= 15 is 0 Å². The van der Waals surface area contributed by atoms with Gasteiger partial charge in [0, 0.05) is 17.1 Å². The molecule has 0 bridgehead atoms. The molecular weight excluding hydrogens is 306 g/mol. The average Bonchev–Trinajstić information content (AvgIpc) is 2.56. The Labute approximate surface area is 101 Å². The predicted molar refractivity (Wildman–Crippen MR) is 59.5 cm³/mol. The van der Waals surface area contributed by atoms with Gasteiger partial charge in [-0.3, -0.25) is 4.68 Å². The molecule has 0 saturated carbocycles. The maximum atomic E-state index is 12.7. The summed E-state index contributed by atoms with van der Waals surface area (Å²) in [7, 11) is -3.18. The third-order valence-corrected chi connectivity index (χ3v) is 3.51. The first kappa shape index (κ1) is 13.6. The molecule has 8 heteroatoms. The van der Waals surface area contributed by atoms with Gasteiger partial charge in [0.1, 0.15) is 15.5 Å². The number of hydrogen-bond acceptors (Lipinski definition) is 3. The highest BCUT2D eigenvalue weighted by Gasteiger charge is 2.19. The Kier molecular flexibility index (Phi) is 4.43. The van der Waals surface area contributed by atoms with E-state index in [1.807, 2.05) is 0 Å². The van der Waals surface area contributed by atoms with Crippen molar-refractivity contribution in [3.8, 4) is 0 Å². The Morgan fingerprint density at radius 3 is 2.62 bits per heavy atom. The molecule has 0 spiro atoms. The van der Waals surface area contributed by atoms with E-state index in [1.165, 1.54) is 6.20 Å². The molecule has 0 unspecified atom stereocenters. The molecule has 0 saturated heterocycles. The molecule has 4 nitrogen and oxygen atoms in total. The third kappa shape index (κ3) is 3.51. The molecule has 0 aliphatic heterocycles. The van der Waals surface area contributed by atoms with Crippen LogP contribution in [0, 0.1) is 0 Å². The normalized spacial score (nSPS) is 12.3. The molecule has 0 aromatic carbocycles. The lowest BCUT2D eigenvalue weighted by Crippen LogP contribution is -2.14. The molecule has 0 atom stereocenters. The minimum absolute atomic E-state index is 0.0501. The summed E-state index contributed by atoms with van der Waals surface area (Å²) in [5.41, 5.74) is 0.157. The Balaban J connectivity index is 2.92. The highest BCUT2D eigenvalue weighted by atomic mass is 79.9. The zero-order valence-electron chi connectivity index (χ0n) is 8.53. The van der Waals surface area contributed by atoms with E-state index < -0.39 is 16.3 Å². The number of sulfone groups is 1. The maximum Gasteiger partial charge on any atom is 0.280 e. The second-order valence-electron chi connectivity index (χ2n) is 3.34. The van der Waals surface area contributed by atoms with E-state index in [0.29, 0.717) is 5.56 Å². The lowest BCUT2D eigenvalue weighted by atomic mass is 10.3. The molecule has 0 N–H and O–H groups in total. The number of nitrogens with zero attached hydrogens (tertiary/aromatic N) is 2. The zero-order valence-corrected chi connectivity index (χ0v) is 10.9. The standard InChI is InChI=1S/C8H11BrF2N2O2S/c1-16(14,15)3-2-13-7(8(10)11)6(4-9)5-12-13/h5,8H,2-4H2,1H3. The van der Waals surface area contributed by atoms with Crippen molar-refractivity contribution in [3.05, 3.63) is 17.5 Å². The van der Waals surface area contributed by atoms with Crippen LogP contribution in [0.1, 0.15) is 17.7 Å². The van der Waals surface area contributed by atoms with Crippen LogP contribution in [0.25, 0.3) is 0 Å². The van der Waals surface area contributed by atoms with Crippen LogP contribution in [0.4, 0.5) is 8.78 Å². The van der Waals surface area contributed by atoms with Gasteiger partial charge in [-0.25, -0.2) is 17.2 Å². The van der Waals surface area contributed by atoms with E-state index in [1.54, 1.807) is 0 Å². The first-order valence-corrected chi connectivity index (χ1v) is 7.59. The van der Waals surface area contributed by atoms with E-state index in [-0.39, 0.29) is 23.3 Å². The number of hydrogen-bond donors (Lipinski definition) is 0. The van der Waals surface area contributed by atoms with Gasteiger partial charge in [-0.1, -0.05) is 15.9 Å². The van der Waals surface area contributed by atoms with Crippen LogP contribution in [0.3, 0.4) is 0 Å². The largest absolute Gasteiger partial charge is 0.280 e. The lowest BCUT2D eigenvalue weighted by Gasteiger charge is -2.07. The van der Waals surface area contributed by atoms with Gasteiger partial charge in [-0.05, 0) is 0 Å². The number of halogens is 3. The number of aromatic nitrogens is 2. The number of aryl methyl sites for hydroxylation is 1. The molecule has 92 valence electrons. The first-order chi connectivity index (χ1) is 7.35. The van der Waals surface area contributed by atoms with Gasteiger partial charge in [-0.15, -0.1) is 0 Å². The van der Waals surface area contributed by atoms with Gasteiger partial charge in [0.25, 0.3) is 6.43 Å². The summed E-state index contributed by atoms with van der Waals surface area (Å²) in [6.07, 6.45) is -0.280. The van der Waals surface area contributed by atoms with Crippen LogP contribution in [-0.4, -0.2) is 30.2 Å². The van der Waals surface area contributed by atoms with E-state index in [9.17, 15) is 17.2 Å². The molecule has 1 heterocycles. The third-order valence-electron chi connectivity index (χ3n) is 1.98. The van der Waals surface area contributed by atoms with Crippen molar-refractivity contribution in [3.63, 3.8) is 0 Å². The monoisotopic (exact) mass is 316 g/mol. The molecule has 1 aromatic rings. The smallest absolute Gasteiger partial charge is 0.262 e. The van der Waals surface area contributed by atoms with Crippen LogP contribution in [0.5, 0.6) is 0 Å². The summed E-state index contributed by atoms with van der Waals surface area (Å²) in [6.45, 7) is -0.0501. The highest BCUT2D eigenvalue weighted by Crippen LogP contribution is 2.24. The highest BCUT2D eigenvalue weighted by molar-refractivity contribution is 9.08. The molecule has 0 aliphatic carbocycles. The Morgan fingerprint density at radius 2 is 2.19 bits per heavy atom. The van der Waals surface area contributed by atoms with Crippen molar-refractivity contribution >= 4 is 25.8 Å². The molecule has 0 aliphatic rings. The van der Waals surface area contributed by atoms with Crippen LogP contribution in [0.2, 0.25) is 0 Å². The average molecular weight is 317 g/mol. The Hall–Kier alpha value is -0.500. The molecular formula is C8H11BrF2N2O2S. The molecule has 1 aromatic heterocycles. The van der Waals surface area contributed by atoms with Gasteiger partial charge in [-0.2, -0.15) is 5.10 Å². The summed E-state index contributed by atoms with van der Waals surface area (Å²) in [6, 6.07) is 0. The van der Waals surface area contributed by atoms with Crippen molar-refractivity contribution in [1.29, 1.82) is 0 Å². The molecule has 0 fully saturated rings. The van der Waals surface area contributed by atoms with Crippen molar-refractivity contribution in [1.82, 2.24) is 9.78 Å². The fourth-order valence-electron chi connectivity index (χ4n) is 1.22. The fourth-order valence-corrected chi connectivity index (χ4v) is 2.16. The number of rotatable bonds is 5. The molecule has 16 heavy (non-hydrogen) atoms. The van der Waals surface area contributed by atoms with E-state index in [0.717, 1.165) is 10.9 Å². The Morgan fingerprint density at radius 1 is 1.56 bits per heavy atom. The lowest BCUT2D eigenvalue weighted by molar-refractivity contribution is 0.138. The SMILES string of the molecule is CS(=O)(=O)CCn1ncc(CBr)c1C(F)F. The number of alkyl halides is 3. The van der Waals surface area contributed by atoms with Gasteiger partial charge in [0.2, 0.25) is 0 Å². The molecule has 0 radical (unpaired) electrons. The van der Waals surface area contributed by atoms with Crippen LogP contribution in [0.15, 0.2) is 6.20 Å². The summed E-state index contributed by atoms with van der Waals surface area (Å²) < 4.78 is 48.3. The van der Waals surface area contributed by atoms with Crippen LogP contribution in [-0.2, 0) is 21.7 Å². The van der Waals surface area contributed by atoms with Crippen LogP contribution >= 0.6 is 15.9 Å². The zero-order chi connectivity index (χ0) is 12.3. The van der Waals surface area contributed by atoms with Gasteiger partial charge in [0.05, 0.1) is 18.5 Å². The summed E-state index contributed by atoms with van der Waals surface area (Å²) in [5, 5.41) is 4.02. The minimum Gasteiger partial charge on any atom is -0.262 e. The predicted octanol–water partition coefficient (Wildman–Crippen LogP) is 1.76. The van der Waals surface area contributed by atoms with Gasteiger partial charge >= 0.3 is 0 Å². The topological polar surface area (TPSA) is 52.0 Å². The second-order valence-corrected chi connectivity index (χ2v) is 6.16. The Bertz CT molecular complexity index is 459. The molecule has 0 amide bonds. The molecule has 1 rings (SSSR count). The summed E-state index contributed by atoms with van der Waals surface area (Å²) in [4.78, 5) is 0. The maximum absolute atomic E-state index is 12.7. The van der Waals surface area contributed by atoms with Crippen molar-refractivity contribution in [2.75, 3.05) is 12.0 Å².